The fourth-order valence-electron chi connectivity index (χ4n) is 4.07. The molecule has 1 spiro atoms. The lowest BCUT2D eigenvalue weighted by Gasteiger charge is -2.23. The van der Waals surface area contributed by atoms with Gasteiger partial charge in [-0.15, -0.1) is 0 Å². The number of pyridine rings is 1. The van der Waals surface area contributed by atoms with Crippen molar-refractivity contribution in [2.75, 3.05) is 13.1 Å². The summed E-state index contributed by atoms with van der Waals surface area (Å²) < 4.78 is 54.1. The average molecular weight is 430 g/mol. The fourth-order valence-corrected chi connectivity index (χ4v) is 4.07. The minimum Gasteiger partial charge on any atom is -0.349 e. The van der Waals surface area contributed by atoms with Gasteiger partial charge in [0.2, 0.25) is 5.91 Å². The van der Waals surface area contributed by atoms with Crippen LogP contribution in [0.3, 0.4) is 0 Å². The van der Waals surface area contributed by atoms with Crippen LogP contribution in [0.5, 0.6) is 0 Å². The summed E-state index contributed by atoms with van der Waals surface area (Å²) in [7, 11) is 0. The quantitative estimate of drug-likeness (QED) is 0.706. The number of likely N-dealkylation sites (tertiary alicyclic amines) is 1. The smallest absolute Gasteiger partial charge is 0.286 e. The van der Waals surface area contributed by atoms with Crippen LogP contribution < -0.4 is 5.32 Å². The number of halogens is 4. The number of rotatable bonds is 5. The van der Waals surface area contributed by atoms with E-state index in [0.717, 1.165) is 6.92 Å². The van der Waals surface area contributed by atoms with Crippen molar-refractivity contribution >= 4 is 22.7 Å². The van der Waals surface area contributed by atoms with E-state index < -0.39 is 40.8 Å². The zero-order valence-corrected chi connectivity index (χ0v) is 16.6. The maximum atomic E-state index is 13.6. The van der Waals surface area contributed by atoms with Gasteiger partial charge in [0, 0.05) is 34.7 Å². The molecule has 4 rings (SSSR count). The number of carbonyl (C=O) groups is 2. The molecule has 0 aromatic carbocycles. The van der Waals surface area contributed by atoms with Gasteiger partial charge in [0.05, 0.1) is 17.1 Å². The second-order valence-corrected chi connectivity index (χ2v) is 8.33. The Morgan fingerprint density at radius 1 is 1.40 bits per heavy atom. The van der Waals surface area contributed by atoms with E-state index in [9.17, 15) is 27.2 Å². The molecule has 0 radical (unpaired) electrons. The SMILES string of the molecule is CC[C@@H](NC(=O)c1cc2cc(C(C)(F)F)ncc2[nH]1)C(=O)N1CC[C@@]2(C1)CC2(F)F.[HH].[HH]. The topological polar surface area (TPSA) is 78.1 Å². The minimum absolute atomic E-state index is 0. The van der Waals surface area contributed by atoms with E-state index in [2.05, 4.69) is 15.3 Å². The summed E-state index contributed by atoms with van der Waals surface area (Å²) in [6, 6.07) is 1.75. The summed E-state index contributed by atoms with van der Waals surface area (Å²) >= 11 is 0. The van der Waals surface area contributed by atoms with Gasteiger partial charge in [0.15, 0.2) is 0 Å². The van der Waals surface area contributed by atoms with E-state index in [1.165, 1.54) is 23.2 Å². The predicted octanol–water partition coefficient (Wildman–Crippen LogP) is 3.93. The fraction of sp³-hybridized carbons (Fsp3) is 0.550. The molecule has 6 nitrogen and oxygen atoms in total. The van der Waals surface area contributed by atoms with Crippen molar-refractivity contribution in [1.29, 1.82) is 0 Å². The summed E-state index contributed by atoms with van der Waals surface area (Å²) in [5.41, 5.74) is -1.01. The highest BCUT2D eigenvalue weighted by Gasteiger charge is 2.73. The standard InChI is InChI=1S/C20H22F4N4O2.2H2/c1-3-12(17(30)28-5-4-19(10-28)9-20(19,23)24)27-16(29)13-6-11-7-15(18(2,21)22)25-8-14(11)26-13;;/h6-8,12,26H,3-5,9-10H2,1-2H3,(H,27,29);2*1H/t12-,19+;;/m1../s1. The number of nitrogens with one attached hydrogen (secondary N) is 2. The van der Waals surface area contributed by atoms with Crippen molar-refractivity contribution in [1.82, 2.24) is 20.2 Å². The Morgan fingerprint density at radius 2 is 2.10 bits per heavy atom. The summed E-state index contributed by atoms with van der Waals surface area (Å²) in [4.78, 5) is 33.3. The van der Waals surface area contributed by atoms with Gasteiger partial charge in [-0.1, -0.05) is 6.92 Å². The molecule has 2 atom stereocenters. The van der Waals surface area contributed by atoms with Gasteiger partial charge < -0.3 is 15.2 Å². The van der Waals surface area contributed by atoms with Gasteiger partial charge in [0.25, 0.3) is 17.8 Å². The third kappa shape index (κ3) is 3.41. The highest BCUT2D eigenvalue weighted by atomic mass is 19.3. The van der Waals surface area contributed by atoms with E-state index in [4.69, 9.17) is 0 Å². The van der Waals surface area contributed by atoms with E-state index >= 15 is 0 Å². The van der Waals surface area contributed by atoms with Crippen molar-refractivity contribution in [3.63, 3.8) is 0 Å². The summed E-state index contributed by atoms with van der Waals surface area (Å²) in [5, 5.41) is 3.01. The van der Waals surface area contributed by atoms with Crippen LogP contribution in [-0.2, 0) is 10.7 Å². The molecule has 2 aliphatic rings. The molecule has 10 heteroatoms. The van der Waals surface area contributed by atoms with Crippen molar-refractivity contribution in [3.8, 4) is 0 Å². The Hall–Kier alpha value is -2.65. The average Bonchev–Trinajstić information content (AvgIpc) is 3.04. The third-order valence-corrected chi connectivity index (χ3v) is 6.09. The van der Waals surface area contributed by atoms with Gasteiger partial charge in [-0.3, -0.25) is 14.6 Å². The molecule has 3 heterocycles. The van der Waals surface area contributed by atoms with Crippen LogP contribution in [-0.4, -0.2) is 51.7 Å². The molecular weight excluding hydrogens is 404 g/mol. The summed E-state index contributed by atoms with van der Waals surface area (Å²) in [6.07, 6.45) is 1.57. The lowest BCUT2D eigenvalue weighted by molar-refractivity contribution is -0.132. The second-order valence-electron chi connectivity index (χ2n) is 8.33. The maximum absolute atomic E-state index is 13.6. The van der Waals surface area contributed by atoms with Crippen molar-refractivity contribution in [2.24, 2.45) is 5.41 Å². The number of aromatic nitrogens is 2. The van der Waals surface area contributed by atoms with E-state index in [0.29, 0.717) is 17.3 Å². The number of hydrogen-bond acceptors (Lipinski definition) is 3. The van der Waals surface area contributed by atoms with Crippen LogP contribution in [0.2, 0.25) is 0 Å². The first-order valence-corrected chi connectivity index (χ1v) is 9.80. The first-order valence-electron chi connectivity index (χ1n) is 9.80. The first-order chi connectivity index (χ1) is 14.0. The van der Waals surface area contributed by atoms with Crippen LogP contribution in [0.1, 0.15) is 52.1 Å². The molecule has 1 saturated carbocycles. The van der Waals surface area contributed by atoms with Gasteiger partial charge in [-0.2, -0.15) is 8.78 Å². The summed E-state index contributed by atoms with van der Waals surface area (Å²) in [6.45, 7) is 2.69. The predicted molar refractivity (Wildman–Crippen MR) is 105 cm³/mol. The van der Waals surface area contributed by atoms with Gasteiger partial charge in [0.1, 0.15) is 17.4 Å². The maximum Gasteiger partial charge on any atom is 0.286 e. The zero-order chi connectivity index (χ0) is 21.9. The minimum atomic E-state index is -3.11. The lowest BCUT2D eigenvalue weighted by Crippen LogP contribution is -2.47. The van der Waals surface area contributed by atoms with Gasteiger partial charge >= 0.3 is 0 Å². The number of carbonyl (C=O) groups excluding carboxylic acids is 2. The Labute approximate surface area is 173 Å². The molecule has 166 valence electrons. The molecule has 0 bridgehead atoms. The molecule has 1 aliphatic carbocycles. The van der Waals surface area contributed by atoms with Crippen molar-refractivity contribution in [2.45, 2.75) is 51.0 Å². The largest absolute Gasteiger partial charge is 0.349 e. The van der Waals surface area contributed by atoms with Crippen LogP contribution in [0.4, 0.5) is 17.6 Å². The molecule has 1 saturated heterocycles. The number of alkyl halides is 4. The van der Waals surface area contributed by atoms with Crippen molar-refractivity contribution < 1.29 is 30.0 Å². The molecule has 2 N–H and O–H groups in total. The molecular formula is C20H26F4N4O2. The van der Waals surface area contributed by atoms with Crippen molar-refractivity contribution in [3.05, 3.63) is 29.7 Å². The van der Waals surface area contributed by atoms with Crippen LogP contribution >= 0.6 is 0 Å². The van der Waals surface area contributed by atoms with E-state index in [1.807, 2.05) is 0 Å². The van der Waals surface area contributed by atoms with Gasteiger partial charge in [-0.25, -0.2) is 8.78 Å². The van der Waals surface area contributed by atoms with E-state index in [-0.39, 0.29) is 34.5 Å². The molecule has 2 amide bonds. The normalized spacial score (nSPS) is 23.7. The number of aromatic amines is 1. The third-order valence-electron chi connectivity index (χ3n) is 6.09. The van der Waals surface area contributed by atoms with Gasteiger partial charge in [-0.05, 0) is 25.0 Å². The number of fused-ring (bicyclic) bond motifs is 1. The highest BCUT2D eigenvalue weighted by Crippen LogP contribution is 2.65. The molecule has 1 aliphatic heterocycles. The number of hydrogen-bond donors (Lipinski definition) is 2. The van der Waals surface area contributed by atoms with E-state index in [1.54, 1.807) is 6.92 Å². The molecule has 0 unspecified atom stereocenters. The molecule has 2 fully saturated rings. The first kappa shape index (κ1) is 20.6. The molecule has 30 heavy (non-hydrogen) atoms. The molecule has 2 aromatic rings. The Kier molecular flexibility index (Phi) is 4.59. The Bertz CT molecular complexity index is 1030. The monoisotopic (exact) mass is 430 g/mol. The number of H-pyrrole nitrogens is 1. The zero-order valence-electron chi connectivity index (χ0n) is 16.6. The lowest BCUT2D eigenvalue weighted by atomic mass is 10.1. The number of amides is 2. The highest BCUT2D eigenvalue weighted by molar-refractivity contribution is 6.00. The Balaban J connectivity index is 0.00000181. The Morgan fingerprint density at radius 3 is 2.67 bits per heavy atom. The summed E-state index contributed by atoms with van der Waals surface area (Å²) in [5.74, 6) is -6.81. The van der Waals surface area contributed by atoms with Crippen LogP contribution in [0, 0.1) is 5.41 Å². The number of nitrogens with zero attached hydrogens (tertiary/aromatic N) is 2. The van der Waals surface area contributed by atoms with Crippen LogP contribution in [0.25, 0.3) is 10.9 Å². The second kappa shape index (κ2) is 6.68. The molecule has 2 aromatic heterocycles. The van der Waals surface area contributed by atoms with Crippen LogP contribution in [0.15, 0.2) is 18.3 Å².